The Morgan fingerprint density at radius 2 is 1.78 bits per heavy atom. The zero-order valence-corrected chi connectivity index (χ0v) is 13.7. The summed E-state index contributed by atoms with van der Waals surface area (Å²) in [7, 11) is 2.16. The Labute approximate surface area is 137 Å². The molecule has 1 saturated heterocycles. The van der Waals surface area contributed by atoms with Gasteiger partial charge in [-0.1, -0.05) is 36.4 Å². The summed E-state index contributed by atoms with van der Waals surface area (Å²) in [5.41, 5.74) is 0.655. The van der Waals surface area contributed by atoms with Crippen molar-refractivity contribution in [1.29, 1.82) is 0 Å². The summed E-state index contributed by atoms with van der Waals surface area (Å²) in [6.07, 6.45) is 0.889. The van der Waals surface area contributed by atoms with Gasteiger partial charge in [0.1, 0.15) is 0 Å². The van der Waals surface area contributed by atoms with Crippen LogP contribution in [0.2, 0.25) is 0 Å². The van der Waals surface area contributed by atoms with Crippen molar-refractivity contribution in [3.8, 4) is 0 Å². The van der Waals surface area contributed by atoms with E-state index in [4.69, 9.17) is 4.74 Å². The number of hydrogen-bond acceptors (Lipinski definition) is 4. The molecule has 1 heterocycles. The van der Waals surface area contributed by atoms with E-state index >= 15 is 0 Å². The van der Waals surface area contributed by atoms with Crippen molar-refractivity contribution >= 4 is 16.7 Å². The predicted octanol–water partition coefficient (Wildman–Crippen LogP) is 2.63. The van der Waals surface area contributed by atoms with E-state index in [2.05, 4.69) is 16.8 Å². The van der Waals surface area contributed by atoms with Gasteiger partial charge in [0.05, 0.1) is 12.2 Å². The van der Waals surface area contributed by atoms with Gasteiger partial charge in [-0.05, 0) is 30.3 Å². The van der Waals surface area contributed by atoms with E-state index in [-0.39, 0.29) is 5.97 Å². The quantitative estimate of drug-likeness (QED) is 0.628. The highest BCUT2D eigenvalue weighted by atomic mass is 16.5. The van der Waals surface area contributed by atoms with Crippen LogP contribution in [-0.4, -0.2) is 62.1 Å². The molecule has 4 nitrogen and oxygen atoms in total. The van der Waals surface area contributed by atoms with Gasteiger partial charge < -0.3 is 14.5 Å². The number of esters is 1. The van der Waals surface area contributed by atoms with Gasteiger partial charge in [0.15, 0.2) is 0 Å². The highest BCUT2D eigenvalue weighted by Gasteiger charge is 2.14. The molecular formula is C19H24N2O2. The Balaban J connectivity index is 1.49. The third kappa shape index (κ3) is 4.09. The first-order valence-corrected chi connectivity index (χ1v) is 8.30. The van der Waals surface area contributed by atoms with Crippen molar-refractivity contribution in [3.63, 3.8) is 0 Å². The lowest BCUT2D eigenvalue weighted by Gasteiger charge is -2.32. The van der Waals surface area contributed by atoms with Crippen molar-refractivity contribution in [2.75, 3.05) is 46.4 Å². The molecule has 0 amide bonds. The number of nitrogens with zero attached hydrogens (tertiary/aromatic N) is 2. The third-order valence-electron chi connectivity index (χ3n) is 4.46. The molecule has 0 radical (unpaired) electrons. The molecule has 0 aliphatic carbocycles. The van der Waals surface area contributed by atoms with Crippen LogP contribution in [0.15, 0.2) is 42.5 Å². The first-order chi connectivity index (χ1) is 11.2. The van der Waals surface area contributed by atoms with E-state index < -0.39 is 0 Å². The lowest BCUT2D eigenvalue weighted by atomic mass is 10.1. The molecule has 1 fully saturated rings. The van der Waals surface area contributed by atoms with Gasteiger partial charge in [-0.25, -0.2) is 4.79 Å². The Morgan fingerprint density at radius 3 is 2.61 bits per heavy atom. The van der Waals surface area contributed by atoms with Crippen LogP contribution in [0, 0.1) is 0 Å². The number of fused-ring (bicyclic) bond motifs is 1. The molecule has 1 aliphatic rings. The summed E-state index contributed by atoms with van der Waals surface area (Å²) in [4.78, 5) is 17.1. The predicted molar refractivity (Wildman–Crippen MR) is 92.8 cm³/mol. The molecule has 0 N–H and O–H groups in total. The molecule has 0 aromatic heterocycles. The number of carbonyl (C=O) groups excluding carboxylic acids is 1. The highest BCUT2D eigenvalue weighted by Crippen LogP contribution is 2.19. The van der Waals surface area contributed by atoms with Crippen LogP contribution in [0.1, 0.15) is 16.8 Å². The van der Waals surface area contributed by atoms with Gasteiger partial charge >= 0.3 is 5.97 Å². The van der Waals surface area contributed by atoms with Crippen molar-refractivity contribution in [2.45, 2.75) is 6.42 Å². The number of carbonyl (C=O) groups is 1. The van der Waals surface area contributed by atoms with E-state index in [1.807, 2.05) is 42.5 Å². The van der Waals surface area contributed by atoms with Crippen molar-refractivity contribution in [3.05, 3.63) is 48.0 Å². The summed E-state index contributed by atoms with van der Waals surface area (Å²) >= 11 is 0. The minimum Gasteiger partial charge on any atom is -0.462 e. The van der Waals surface area contributed by atoms with E-state index in [0.29, 0.717) is 12.2 Å². The van der Waals surface area contributed by atoms with Crippen molar-refractivity contribution in [1.82, 2.24) is 9.80 Å². The molecule has 2 aromatic carbocycles. The minimum absolute atomic E-state index is 0.222. The number of ether oxygens (including phenoxy) is 1. The van der Waals surface area contributed by atoms with Gasteiger partial charge in [-0.15, -0.1) is 0 Å². The lowest BCUT2D eigenvalue weighted by Crippen LogP contribution is -2.44. The topological polar surface area (TPSA) is 32.8 Å². The number of hydrogen-bond donors (Lipinski definition) is 0. The van der Waals surface area contributed by atoms with Crippen LogP contribution >= 0.6 is 0 Å². The number of benzene rings is 2. The number of piperazine rings is 1. The summed E-state index contributed by atoms with van der Waals surface area (Å²) < 4.78 is 5.47. The summed E-state index contributed by atoms with van der Waals surface area (Å²) in [5.74, 6) is -0.222. The molecule has 0 unspecified atom stereocenters. The molecule has 0 atom stereocenters. The average molecular weight is 312 g/mol. The fourth-order valence-corrected chi connectivity index (χ4v) is 3.01. The van der Waals surface area contributed by atoms with Crippen molar-refractivity contribution < 1.29 is 9.53 Å². The monoisotopic (exact) mass is 312 g/mol. The molecule has 2 aromatic rings. The van der Waals surface area contributed by atoms with E-state index in [0.717, 1.165) is 49.9 Å². The molecule has 23 heavy (non-hydrogen) atoms. The van der Waals surface area contributed by atoms with Gasteiger partial charge in [-0.3, -0.25) is 0 Å². The van der Waals surface area contributed by atoms with Crippen LogP contribution in [-0.2, 0) is 4.74 Å². The van der Waals surface area contributed by atoms with Gasteiger partial charge in [0.2, 0.25) is 0 Å². The Bertz CT molecular complexity index is 658. The third-order valence-corrected chi connectivity index (χ3v) is 4.46. The maximum absolute atomic E-state index is 12.3. The Hall–Kier alpha value is -1.91. The second-order valence-electron chi connectivity index (χ2n) is 6.16. The summed E-state index contributed by atoms with van der Waals surface area (Å²) in [6.45, 7) is 5.93. The zero-order chi connectivity index (χ0) is 16.1. The normalized spacial score (nSPS) is 16.6. The summed E-state index contributed by atoms with van der Waals surface area (Å²) in [5, 5.41) is 2.03. The molecule has 122 valence electrons. The second kappa shape index (κ2) is 7.57. The standard InChI is InChI=1S/C19H24N2O2/c1-20-11-13-21(14-12-20)10-5-15-23-19(22)18-9-4-7-16-6-2-3-8-17(16)18/h2-4,6-9H,5,10-15H2,1H3. The molecular weight excluding hydrogens is 288 g/mol. The fourth-order valence-electron chi connectivity index (χ4n) is 3.01. The van der Waals surface area contributed by atoms with Crippen LogP contribution < -0.4 is 0 Å². The lowest BCUT2D eigenvalue weighted by molar-refractivity contribution is 0.0482. The number of likely N-dealkylation sites (N-methyl/N-ethyl adjacent to an activating group) is 1. The molecule has 0 saturated carbocycles. The van der Waals surface area contributed by atoms with Gasteiger partial charge in [0.25, 0.3) is 0 Å². The Kier molecular flexibility index (Phi) is 5.26. The minimum atomic E-state index is -0.222. The molecule has 3 rings (SSSR count). The Morgan fingerprint density at radius 1 is 1.04 bits per heavy atom. The first-order valence-electron chi connectivity index (χ1n) is 8.30. The average Bonchev–Trinajstić information content (AvgIpc) is 2.59. The van der Waals surface area contributed by atoms with Crippen LogP contribution in [0.3, 0.4) is 0 Å². The number of rotatable bonds is 5. The molecule has 1 aliphatic heterocycles. The summed E-state index contributed by atoms with van der Waals surface area (Å²) in [6, 6.07) is 13.7. The van der Waals surface area contributed by atoms with E-state index in [1.165, 1.54) is 0 Å². The molecule has 4 heteroatoms. The molecule has 0 bridgehead atoms. The first kappa shape index (κ1) is 16.0. The van der Waals surface area contributed by atoms with Crippen molar-refractivity contribution in [2.24, 2.45) is 0 Å². The maximum atomic E-state index is 12.3. The molecule has 0 spiro atoms. The van der Waals surface area contributed by atoms with Crippen LogP contribution in [0.4, 0.5) is 0 Å². The fraction of sp³-hybridized carbons (Fsp3) is 0.421. The smallest absolute Gasteiger partial charge is 0.338 e. The largest absolute Gasteiger partial charge is 0.462 e. The maximum Gasteiger partial charge on any atom is 0.338 e. The second-order valence-corrected chi connectivity index (χ2v) is 6.16. The highest BCUT2D eigenvalue weighted by molar-refractivity contribution is 6.04. The van der Waals surface area contributed by atoms with E-state index in [1.54, 1.807) is 0 Å². The van der Waals surface area contributed by atoms with Crippen LogP contribution in [0.25, 0.3) is 10.8 Å². The van der Waals surface area contributed by atoms with Gasteiger partial charge in [-0.2, -0.15) is 0 Å². The zero-order valence-electron chi connectivity index (χ0n) is 13.7. The van der Waals surface area contributed by atoms with Crippen LogP contribution in [0.5, 0.6) is 0 Å². The van der Waals surface area contributed by atoms with E-state index in [9.17, 15) is 4.79 Å². The SMILES string of the molecule is CN1CCN(CCCOC(=O)c2cccc3ccccc23)CC1. The van der Waals surface area contributed by atoms with Gasteiger partial charge in [0, 0.05) is 32.7 Å².